The highest BCUT2D eigenvalue weighted by Gasteiger charge is 2.27. The third-order valence-electron chi connectivity index (χ3n) is 4.14. The van der Waals surface area contributed by atoms with Crippen LogP contribution in [0.2, 0.25) is 0 Å². The van der Waals surface area contributed by atoms with Crippen LogP contribution >= 0.6 is 12.4 Å². The van der Waals surface area contributed by atoms with Crippen molar-refractivity contribution >= 4 is 12.4 Å². The standard InChI is InChI=1S/C19H23NO.ClH/c1-15(14-20(2)17-11-12-17)16-7-6-10-19(13-16)21-18-8-4-3-5-9-18;/h3-10,13,15,17H,11-12,14H2,1-2H3;1H. The van der Waals surface area contributed by atoms with Gasteiger partial charge in [0.05, 0.1) is 0 Å². The summed E-state index contributed by atoms with van der Waals surface area (Å²) in [5.74, 6) is 2.33. The van der Waals surface area contributed by atoms with Crippen LogP contribution in [0, 0.1) is 0 Å². The second-order valence-electron chi connectivity index (χ2n) is 6.06. The summed E-state index contributed by atoms with van der Waals surface area (Å²) in [5.41, 5.74) is 1.34. The fraction of sp³-hybridized carbons (Fsp3) is 0.368. The number of benzene rings is 2. The van der Waals surface area contributed by atoms with Gasteiger partial charge in [0.2, 0.25) is 0 Å². The summed E-state index contributed by atoms with van der Waals surface area (Å²) in [7, 11) is 2.23. The second-order valence-corrected chi connectivity index (χ2v) is 6.06. The maximum atomic E-state index is 5.92. The van der Waals surface area contributed by atoms with Crippen molar-refractivity contribution in [1.29, 1.82) is 0 Å². The number of halogens is 1. The van der Waals surface area contributed by atoms with E-state index in [0.717, 1.165) is 24.1 Å². The average Bonchev–Trinajstić information content (AvgIpc) is 3.33. The van der Waals surface area contributed by atoms with E-state index in [0.29, 0.717) is 5.92 Å². The van der Waals surface area contributed by atoms with Gasteiger partial charge in [0.15, 0.2) is 0 Å². The van der Waals surface area contributed by atoms with Gasteiger partial charge in [-0.25, -0.2) is 0 Å². The van der Waals surface area contributed by atoms with Gasteiger partial charge < -0.3 is 9.64 Å². The van der Waals surface area contributed by atoms with Gasteiger partial charge in [-0.15, -0.1) is 12.4 Å². The lowest BCUT2D eigenvalue weighted by atomic mass is 10.0. The van der Waals surface area contributed by atoms with E-state index in [4.69, 9.17) is 4.74 Å². The molecule has 1 aliphatic rings. The molecule has 0 N–H and O–H groups in total. The molecule has 1 fully saturated rings. The Morgan fingerprint density at radius 1 is 1.05 bits per heavy atom. The Kier molecular flexibility index (Phi) is 5.87. The largest absolute Gasteiger partial charge is 0.457 e. The van der Waals surface area contributed by atoms with Crippen LogP contribution in [0.4, 0.5) is 0 Å². The van der Waals surface area contributed by atoms with E-state index in [-0.39, 0.29) is 12.4 Å². The molecule has 3 rings (SSSR count). The van der Waals surface area contributed by atoms with Crippen molar-refractivity contribution in [3.63, 3.8) is 0 Å². The Balaban J connectivity index is 0.00000176. The Morgan fingerprint density at radius 3 is 2.41 bits per heavy atom. The molecular formula is C19H24ClNO. The van der Waals surface area contributed by atoms with Crippen molar-refractivity contribution in [2.75, 3.05) is 13.6 Å². The highest BCUT2D eigenvalue weighted by molar-refractivity contribution is 5.85. The fourth-order valence-electron chi connectivity index (χ4n) is 2.71. The second kappa shape index (κ2) is 7.66. The van der Waals surface area contributed by atoms with Gasteiger partial charge in [0.25, 0.3) is 0 Å². The molecular weight excluding hydrogens is 294 g/mol. The highest BCUT2D eigenvalue weighted by Crippen LogP contribution is 2.29. The van der Waals surface area contributed by atoms with Gasteiger partial charge in [-0.05, 0) is 55.6 Å². The number of hydrogen-bond donors (Lipinski definition) is 0. The van der Waals surface area contributed by atoms with E-state index in [1.54, 1.807) is 0 Å². The van der Waals surface area contributed by atoms with Crippen LogP contribution in [0.1, 0.15) is 31.2 Å². The molecule has 0 spiro atoms. The Morgan fingerprint density at radius 2 is 1.73 bits per heavy atom. The molecule has 1 unspecified atom stereocenters. The molecule has 2 nitrogen and oxygen atoms in total. The number of nitrogens with zero attached hydrogens (tertiary/aromatic N) is 1. The molecule has 0 heterocycles. The third kappa shape index (κ3) is 4.49. The molecule has 0 bridgehead atoms. The first-order valence-corrected chi connectivity index (χ1v) is 7.75. The van der Waals surface area contributed by atoms with Gasteiger partial charge in [-0.2, -0.15) is 0 Å². The van der Waals surface area contributed by atoms with Crippen molar-refractivity contribution in [2.45, 2.75) is 31.7 Å². The molecule has 3 heteroatoms. The predicted octanol–water partition coefficient (Wildman–Crippen LogP) is 5.10. The maximum absolute atomic E-state index is 5.92. The molecule has 0 saturated heterocycles. The topological polar surface area (TPSA) is 12.5 Å². The molecule has 0 amide bonds. The normalized spacial score (nSPS) is 15.2. The Bertz CT molecular complexity index is 583. The Hall–Kier alpha value is -1.51. The van der Waals surface area contributed by atoms with Crippen molar-refractivity contribution < 1.29 is 4.74 Å². The minimum absolute atomic E-state index is 0. The van der Waals surface area contributed by atoms with Crippen LogP contribution in [0.25, 0.3) is 0 Å². The summed E-state index contributed by atoms with van der Waals surface area (Å²) in [5, 5.41) is 0. The molecule has 0 aromatic heterocycles. The van der Waals surface area contributed by atoms with Crippen LogP contribution in [-0.4, -0.2) is 24.5 Å². The van der Waals surface area contributed by atoms with E-state index < -0.39 is 0 Å². The van der Waals surface area contributed by atoms with Crippen molar-refractivity contribution in [3.8, 4) is 11.5 Å². The number of rotatable bonds is 6. The van der Waals surface area contributed by atoms with Crippen LogP contribution in [-0.2, 0) is 0 Å². The van der Waals surface area contributed by atoms with E-state index in [1.165, 1.54) is 18.4 Å². The maximum Gasteiger partial charge on any atom is 0.127 e. The van der Waals surface area contributed by atoms with Crippen LogP contribution in [0.5, 0.6) is 11.5 Å². The monoisotopic (exact) mass is 317 g/mol. The fourth-order valence-corrected chi connectivity index (χ4v) is 2.71. The van der Waals surface area contributed by atoms with Gasteiger partial charge in [0, 0.05) is 12.6 Å². The number of hydrogen-bond acceptors (Lipinski definition) is 2. The number of para-hydroxylation sites is 1. The van der Waals surface area contributed by atoms with Gasteiger partial charge >= 0.3 is 0 Å². The lowest BCUT2D eigenvalue weighted by Crippen LogP contribution is -2.25. The first-order valence-electron chi connectivity index (χ1n) is 7.75. The summed E-state index contributed by atoms with van der Waals surface area (Å²) in [6, 6.07) is 19.2. The SMILES string of the molecule is CC(CN(C)C1CC1)c1cccc(Oc2ccccc2)c1.Cl. The molecule has 1 atom stereocenters. The number of ether oxygens (including phenoxy) is 1. The zero-order chi connectivity index (χ0) is 14.7. The van der Waals surface area contributed by atoms with Gasteiger partial charge in [-0.3, -0.25) is 0 Å². The predicted molar refractivity (Wildman–Crippen MR) is 94.3 cm³/mol. The van der Waals surface area contributed by atoms with Crippen molar-refractivity contribution in [3.05, 3.63) is 60.2 Å². The van der Waals surface area contributed by atoms with Crippen LogP contribution in [0.15, 0.2) is 54.6 Å². The molecule has 1 aliphatic carbocycles. The minimum atomic E-state index is 0. The smallest absolute Gasteiger partial charge is 0.127 e. The van der Waals surface area contributed by atoms with Gasteiger partial charge in [-0.1, -0.05) is 37.3 Å². The minimum Gasteiger partial charge on any atom is -0.457 e. The lowest BCUT2D eigenvalue weighted by molar-refractivity contribution is 0.307. The molecule has 118 valence electrons. The quantitative estimate of drug-likeness (QED) is 0.735. The Labute approximate surface area is 139 Å². The van der Waals surface area contributed by atoms with Crippen LogP contribution in [0.3, 0.4) is 0 Å². The first-order chi connectivity index (χ1) is 10.2. The van der Waals surface area contributed by atoms with Crippen LogP contribution < -0.4 is 4.74 Å². The van der Waals surface area contributed by atoms with E-state index in [2.05, 4.69) is 37.1 Å². The van der Waals surface area contributed by atoms with E-state index in [1.807, 2.05) is 36.4 Å². The molecule has 2 aromatic carbocycles. The summed E-state index contributed by atoms with van der Waals surface area (Å²) in [6.07, 6.45) is 2.72. The van der Waals surface area contributed by atoms with E-state index >= 15 is 0 Å². The van der Waals surface area contributed by atoms with Gasteiger partial charge in [0.1, 0.15) is 11.5 Å². The molecule has 1 saturated carbocycles. The molecule has 0 radical (unpaired) electrons. The number of likely N-dealkylation sites (N-methyl/N-ethyl adjacent to an activating group) is 1. The third-order valence-corrected chi connectivity index (χ3v) is 4.14. The summed E-state index contributed by atoms with van der Waals surface area (Å²) in [6.45, 7) is 3.40. The summed E-state index contributed by atoms with van der Waals surface area (Å²) < 4.78 is 5.92. The van der Waals surface area contributed by atoms with Crippen molar-refractivity contribution in [1.82, 2.24) is 4.90 Å². The molecule has 2 aromatic rings. The summed E-state index contributed by atoms with van der Waals surface area (Å²) >= 11 is 0. The highest BCUT2D eigenvalue weighted by atomic mass is 35.5. The lowest BCUT2D eigenvalue weighted by Gasteiger charge is -2.21. The average molecular weight is 318 g/mol. The first kappa shape index (κ1) is 16.9. The molecule has 22 heavy (non-hydrogen) atoms. The van der Waals surface area contributed by atoms with Crippen molar-refractivity contribution in [2.24, 2.45) is 0 Å². The summed E-state index contributed by atoms with van der Waals surface area (Å²) in [4.78, 5) is 2.48. The zero-order valence-corrected chi connectivity index (χ0v) is 14.1. The molecule has 0 aliphatic heterocycles. The zero-order valence-electron chi connectivity index (χ0n) is 13.2. The van der Waals surface area contributed by atoms with E-state index in [9.17, 15) is 0 Å².